The van der Waals surface area contributed by atoms with Gasteiger partial charge in [0.1, 0.15) is 0 Å². The molecule has 1 amide bonds. The Labute approximate surface area is 193 Å². The van der Waals surface area contributed by atoms with Crippen LogP contribution in [0.1, 0.15) is 44.1 Å². The predicted octanol–water partition coefficient (Wildman–Crippen LogP) is 4.66. The third-order valence-corrected chi connectivity index (χ3v) is 7.68. The van der Waals surface area contributed by atoms with Gasteiger partial charge in [-0.25, -0.2) is 0 Å². The minimum Gasteiger partial charge on any atom is -0.339 e. The molecule has 1 aliphatic heterocycles. The Morgan fingerprint density at radius 3 is 2.59 bits per heavy atom. The number of likely N-dealkylation sites (tertiary alicyclic amines) is 1. The molecule has 166 valence electrons. The highest BCUT2D eigenvalue weighted by Crippen LogP contribution is 2.36. The molecule has 1 aromatic carbocycles. The van der Waals surface area contributed by atoms with Gasteiger partial charge < -0.3 is 4.90 Å². The zero-order chi connectivity index (χ0) is 21.8. The van der Waals surface area contributed by atoms with E-state index in [9.17, 15) is 4.79 Å². The van der Waals surface area contributed by atoms with Crippen LogP contribution in [0.15, 0.2) is 60.0 Å². The number of hydrogen-bond acceptors (Lipinski definition) is 5. The average molecular weight is 448 g/mol. The minimum atomic E-state index is 0.242. The monoisotopic (exact) mass is 447 g/mol. The van der Waals surface area contributed by atoms with E-state index in [0.29, 0.717) is 24.3 Å². The lowest BCUT2D eigenvalue weighted by Gasteiger charge is -2.44. The van der Waals surface area contributed by atoms with Gasteiger partial charge in [0.2, 0.25) is 5.91 Å². The number of fused-ring (bicyclic) bond motifs is 1. The van der Waals surface area contributed by atoms with E-state index in [2.05, 4.69) is 36.8 Å². The van der Waals surface area contributed by atoms with Gasteiger partial charge in [0.25, 0.3) is 0 Å². The molecule has 2 aliphatic rings. The highest BCUT2D eigenvalue weighted by molar-refractivity contribution is 7.99. The standard InChI is InChI=1S/C25H29N5OS/c31-23(29-16-6-10-20-9-4-5-11-22(20)29)18-32-25-28-27-24(21-12-14-26-15-13-21)30(25)17-19-7-2-1-3-8-19/h1-3,7-8,12-15,20,22H,4-6,9-11,16-18H2/t20-,22+/m1/s1. The van der Waals surface area contributed by atoms with Gasteiger partial charge in [-0.1, -0.05) is 54.9 Å². The van der Waals surface area contributed by atoms with Gasteiger partial charge in [0.05, 0.1) is 12.3 Å². The molecule has 0 radical (unpaired) electrons. The summed E-state index contributed by atoms with van der Waals surface area (Å²) in [5.74, 6) is 2.15. The quantitative estimate of drug-likeness (QED) is 0.514. The molecule has 1 saturated heterocycles. The first-order valence-corrected chi connectivity index (χ1v) is 12.6. The molecule has 2 aromatic heterocycles. The van der Waals surface area contributed by atoms with E-state index in [1.165, 1.54) is 43.0 Å². The first-order chi connectivity index (χ1) is 15.8. The molecular weight excluding hydrogens is 418 g/mol. The zero-order valence-electron chi connectivity index (χ0n) is 18.3. The number of hydrogen-bond donors (Lipinski definition) is 0. The molecule has 0 unspecified atom stereocenters. The van der Waals surface area contributed by atoms with Crippen LogP contribution in [0.4, 0.5) is 0 Å². The number of nitrogens with zero attached hydrogens (tertiary/aromatic N) is 5. The average Bonchev–Trinajstić information content (AvgIpc) is 3.25. The lowest BCUT2D eigenvalue weighted by atomic mass is 9.78. The second-order valence-electron chi connectivity index (χ2n) is 8.74. The molecule has 2 fully saturated rings. The Balaban J connectivity index is 1.35. The molecule has 1 saturated carbocycles. The summed E-state index contributed by atoms with van der Waals surface area (Å²) in [5.41, 5.74) is 2.15. The number of thioether (sulfide) groups is 1. The summed E-state index contributed by atoms with van der Waals surface area (Å²) < 4.78 is 2.11. The van der Waals surface area contributed by atoms with Gasteiger partial charge in [-0.05, 0) is 49.3 Å². The third-order valence-electron chi connectivity index (χ3n) is 6.73. The van der Waals surface area contributed by atoms with E-state index >= 15 is 0 Å². The van der Waals surface area contributed by atoms with Crippen molar-refractivity contribution < 1.29 is 4.79 Å². The molecule has 7 heteroatoms. The number of pyridine rings is 1. The van der Waals surface area contributed by atoms with Crippen LogP contribution in [-0.2, 0) is 11.3 Å². The number of benzene rings is 1. The lowest BCUT2D eigenvalue weighted by molar-refractivity contribution is -0.134. The largest absolute Gasteiger partial charge is 0.339 e. The van der Waals surface area contributed by atoms with Gasteiger partial charge >= 0.3 is 0 Å². The van der Waals surface area contributed by atoms with Crippen LogP contribution in [0.2, 0.25) is 0 Å². The van der Waals surface area contributed by atoms with Crippen molar-refractivity contribution in [3.05, 3.63) is 60.4 Å². The maximum Gasteiger partial charge on any atom is 0.233 e. The number of carbonyl (C=O) groups is 1. The molecule has 32 heavy (non-hydrogen) atoms. The molecule has 5 rings (SSSR count). The van der Waals surface area contributed by atoms with Gasteiger partial charge in [0.15, 0.2) is 11.0 Å². The van der Waals surface area contributed by atoms with Gasteiger partial charge in [-0.3, -0.25) is 14.3 Å². The van der Waals surface area contributed by atoms with Crippen LogP contribution < -0.4 is 0 Å². The SMILES string of the molecule is O=C(CSc1nnc(-c2ccncc2)n1Cc1ccccc1)N1CCC[C@H]2CCCC[C@@H]21. The van der Waals surface area contributed by atoms with Crippen LogP contribution in [0.5, 0.6) is 0 Å². The Bertz CT molecular complexity index is 1040. The third kappa shape index (κ3) is 4.58. The second-order valence-corrected chi connectivity index (χ2v) is 9.69. The zero-order valence-corrected chi connectivity index (χ0v) is 19.1. The Kier molecular flexibility index (Phi) is 6.53. The topological polar surface area (TPSA) is 63.9 Å². The summed E-state index contributed by atoms with van der Waals surface area (Å²) in [6.07, 6.45) is 11.0. The summed E-state index contributed by atoms with van der Waals surface area (Å²) in [6.45, 7) is 1.57. The normalized spacial score (nSPS) is 20.7. The fourth-order valence-electron chi connectivity index (χ4n) is 5.16. The maximum atomic E-state index is 13.2. The summed E-state index contributed by atoms with van der Waals surface area (Å²) in [6, 6.07) is 14.6. The van der Waals surface area contributed by atoms with Crippen molar-refractivity contribution in [3.63, 3.8) is 0 Å². The predicted molar refractivity (Wildman–Crippen MR) is 126 cm³/mol. The summed E-state index contributed by atoms with van der Waals surface area (Å²) in [4.78, 5) is 19.5. The highest BCUT2D eigenvalue weighted by Gasteiger charge is 2.35. The van der Waals surface area contributed by atoms with E-state index < -0.39 is 0 Å². The summed E-state index contributed by atoms with van der Waals surface area (Å²) in [7, 11) is 0. The minimum absolute atomic E-state index is 0.242. The number of aromatic nitrogens is 4. The Morgan fingerprint density at radius 2 is 1.75 bits per heavy atom. The van der Waals surface area contributed by atoms with Crippen molar-refractivity contribution >= 4 is 17.7 Å². The van der Waals surface area contributed by atoms with Crippen LogP contribution in [0, 0.1) is 5.92 Å². The Hall–Kier alpha value is -2.67. The van der Waals surface area contributed by atoms with Gasteiger partial charge in [0, 0.05) is 30.5 Å². The number of amides is 1. The van der Waals surface area contributed by atoms with Crippen molar-refractivity contribution in [2.45, 2.75) is 56.3 Å². The Morgan fingerprint density at radius 1 is 0.969 bits per heavy atom. The summed E-state index contributed by atoms with van der Waals surface area (Å²) in [5, 5.41) is 9.73. The first kappa shape index (κ1) is 21.2. The van der Waals surface area contributed by atoms with Crippen LogP contribution in [0.25, 0.3) is 11.4 Å². The van der Waals surface area contributed by atoms with Crippen molar-refractivity contribution in [2.24, 2.45) is 5.92 Å². The smallest absolute Gasteiger partial charge is 0.233 e. The van der Waals surface area contributed by atoms with E-state index in [1.54, 1.807) is 12.4 Å². The van der Waals surface area contributed by atoms with E-state index in [0.717, 1.165) is 35.9 Å². The van der Waals surface area contributed by atoms with E-state index in [-0.39, 0.29) is 5.91 Å². The molecule has 2 atom stereocenters. The number of carbonyl (C=O) groups excluding carboxylic acids is 1. The molecule has 3 aromatic rings. The van der Waals surface area contributed by atoms with Crippen molar-refractivity contribution in [3.8, 4) is 11.4 Å². The van der Waals surface area contributed by atoms with Crippen molar-refractivity contribution in [1.29, 1.82) is 0 Å². The molecule has 0 bridgehead atoms. The fourth-order valence-corrected chi connectivity index (χ4v) is 5.99. The van der Waals surface area contributed by atoms with E-state index in [1.807, 2.05) is 30.3 Å². The van der Waals surface area contributed by atoms with Crippen molar-refractivity contribution in [2.75, 3.05) is 12.3 Å². The molecule has 0 spiro atoms. The number of rotatable bonds is 6. The molecule has 6 nitrogen and oxygen atoms in total. The second kappa shape index (κ2) is 9.86. The van der Waals surface area contributed by atoms with Crippen LogP contribution in [-0.4, -0.2) is 48.9 Å². The van der Waals surface area contributed by atoms with E-state index in [4.69, 9.17) is 0 Å². The summed E-state index contributed by atoms with van der Waals surface area (Å²) >= 11 is 1.51. The van der Waals surface area contributed by atoms with Crippen LogP contribution >= 0.6 is 11.8 Å². The molecule has 1 aliphatic carbocycles. The van der Waals surface area contributed by atoms with Gasteiger partial charge in [-0.15, -0.1) is 10.2 Å². The number of piperidine rings is 1. The van der Waals surface area contributed by atoms with Gasteiger partial charge in [-0.2, -0.15) is 0 Å². The maximum absolute atomic E-state index is 13.2. The highest BCUT2D eigenvalue weighted by atomic mass is 32.2. The molecule has 0 N–H and O–H groups in total. The first-order valence-electron chi connectivity index (χ1n) is 11.6. The van der Waals surface area contributed by atoms with Crippen molar-refractivity contribution in [1.82, 2.24) is 24.6 Å². The van der Waals surface area contributed by atoms with Crippen LogP contribution in [0.3, 0.4) is 0 Å². The fraction of sp³-hybridized carbons (Fsp3) is 0.440. The molecule has 3 heterocycles. The molecular formula is C25H29N5OS. The lowest BCUT2D eigenvalue weighted by Crippen LogP contribution is -2.50.